The Hall–Kier alpha value is -7.16. The van der Waals surface area contributed by atoms with Crippen molar-refractivity contribution < 1.29 is 0 Å². The van der Waals surface area contributed by atoms with Crippen LogP contribution in [0.4, 0.5) is 17.1 Å². The number of aromatic nitrogens is 1. The normalized spacial score (nSPS) is 13.3. The van der Waals surface area contributed by atoms with Gasteiger partial charge in [-0.2, -0.15) is 0 Å². The Morgan fingerprint density at radius 3 is 1.70 bits per heavy atom. The van der Waals surface area contributed by atoms with Gasteiger partial charge in [-0.3, -0.25) is 0 Å². The van der Waals surface area contributed by atoms with Gasteiger partial charge in [-0.25, -0.2) is 0 Å². The molecule has 2 nitrogen and oxygen atoms in total. The van der Waals surface area contributed by atoms with Crippen LogP contribution < -0.4 is 4.90 Å². The van der Waals surface area contributed by atoms with E-state index in [1.54, 1.807) is 0 Å². The van der Waals surface area contributed by atoms with Crippen LogP contribution in [-0.2, 0) is 0 Å². The Morgan fingerprint density at radius 1 is 0.400 bits per heavy atom. The van der Waals surface area contributed by atoms with Crippen molar-refractivity contribution in [2.45, 2.75) is 38.0 Å². The molecule has 1 aliphatic rings. The summed E-state index contributed by atoms with van der Waals surface area (Å²) < 4.78 is 2.46. The van der Waals surface area contributed by atoms with Crippen LogP contribution in [0.15, 0.2) is 212 Å². The molecule has 0 saturated heterocycles. The maximum absolute atomic E-state index is 2.51. The van der Waals surface area contributed by atoms with E-state index in [4.69, 9.17) is 0 Å². The van der Waals surface area contributed by atoms with Gasteiger partial charge in [-0.1, -0.05) is 189 Å². The minimum Gasteiger partial charge on any atom is -0.308 e. The summed E-state index contributed by atoms with van der Waals surface area (Å²) in [6.45, 7) is 0. The predicted molar refractivity (Wildman–Crippen MR) is 255 cm³/mol. The molecule has 60 heavy (non-hydrogen) atoms. The molecule has 0 radical (unpaired) electrons. The Kier molecular flexibility index (Phi) is 9.32. The monoisotopic (exact) mass is 770 g/mol. The molecule has 0 aliphatic heterocycles. The van der Waals surface area contributed by atoms with Crippen molar-refractivity contribution in [2.24, 2.45) is 0 Å². The SMILES string of the molecule is c1ccc(-c2ccc(-c3ccc(N(c4ccccc4-c4cccc5cccc(C6CCCCC6)c45)c4cccc5c6ccccc6n(-c6ccccc6)c45)cc3)cc2)cc1. The molecule has 0 unspecified atom stereocenters. The van der Waals surface area contributed by atoms with Gasteiger partial charge in [-0.15, -0.1) is 0 Å². The molecule has 0 N–H and O–H groups in total. The first-order valence-electron chi connectivity index (χ1n) is 21.5. The lowest BCUT2D eigenvalue weighted by Gasteiger charge is -2.30. The van der Waals surface area contributed by atoms with E-state index < -0.39 is 0 Å². The molecule has 0 atom stereocenters. The third-order valence-electron chi connectivity index (χ3n) is 12.8. The van der Waals surface area contributed by atoms with E-state index in [0.29, 0.717) is 5.92 Å². The Labute approximate surface area is 352 Å². The summed E-state index contributed by atoms with van der Waals surface area (Å²) >= 11 is 0. The number of rotatable bonds is 8. The second-order valence-corrected chi connectivity index (χ2v) is 16.3. The zero-order valence-electron chi connectivity index (χ0n) is 33.7. The molecule has 288 valence electrons. The van der Waals surface area contributed by atoms with Crippen LogP contribution >= 0.6 is 0 Å². The fourth-order valence-electron chi connectivity index (χ4n) is 9.97. The number of anilines is 3. The van der Waals surface area contributed by atoms with Crippen molar-refractivity contribution >= 4 is 49.6 Å². The lowest BCUT2D eigenvalue weighted by Crippen LogP contribution is -2.13. The summed E-state index contributed by atoms with van der Waals surface area (Å²) in [5, 5.41) is 5.18. The third-order valence-corrected chi connectivity index (χ3v) is 12.8. The van der Waals surface area contributed by atoms with Crippen LogP contribution in [0.25, 0.3) is 71.6 Å². The average Bonchev–Trinajstić information content (AvgIpc) is 3.68. The smallest absolute Gasteiger partial charge is 0.0782 e. The summed E-state index contributed by atoms with van der Waals surface area (Å²) in [6.07, 6.45) is 6.47. The number of hydrogen-bond donors (Lipinski definition) is 0. The summed E-state index contributed by atoms with van der Waals surface area (Å²) in [6, 6.07) is 78.2. The van der Waals surface area contributed by atoms with Gasteiger partial charge < -0.3 is 9.47 Å². The average molecular weight is 771 g/mol. The molecule has 1 aliphatic carbocycles. The lowest BCUT2D eigenvalue weighted by molar-refractivity contribution is 0.445. The molecule has 1 saturated carbocycles. The molecule has 0 bridgehead atoms. The molecule has 11 rings (SSSR count). The van der Waals surface area contributed by atoms with Crippen LogP contribution in [0.3, 0.4) is 0 Å². The van der Waals surface area contributed by atoms with Gasteiger partial charge in [0.05, 0.1) is 22.4 Å². The van der Waals surface area contributed by atoms with Gasteiger partial charge in [0.2, 0.25) is 0 Å². The molecule has 0 spiro atoms. The maximum Gasteiger partial charge on any atom is 0.0782 e. The van der Waals surface area contributed by atoms with Crippen molar-refractivity contribution in [1.29, 1.82) is 0 Å². The summed E-state index contributed by atoms with van der Waals surface area (Å²) in [4.78, 5) is 2.51. The minimum absolute atomic E-state index is 0.580. The fraction of sp³-hybridized carbons (Fsp3) is 0.103. The van der Waals surface area contributed by atoms with Crippen molar-refractivity contribution in [1.82, 2.24) is 4.57 Å². The van der Waals surface area contributed by atoms with Gasteiger partial charge in [0, 0.05) is 27.7 Å². The quantitative estimate of drug-likeness (QED) is 0.149. The van der Waals surface area contributed by atoms with Crippen LogP contribution in [0.1, 0.15) is 43.6 Å². The van der Waals surface area contributed by atoms with E-state index in [0.717, 1.165) is 22.7 Å². The molecule has 0 amide bonds. The first-order valence-corrected chi connectivity index (χ1v) is 21.5. The summed E-state index contributed by atoms with van der Waals surface area (Å²) in [5.74, 6) is 0.580. The van der Waals surface area contributed by atoms with Gasteiger partial charge in [0.25, 0.3) is 0 Å². The van der Waals surface area contributed by atoms with E-state index in [9.17, 15) is 0 Å². The van der Waals surface area contributed by atoms with Crippen molar-refractivity contribution in [3.63, 3.8) is 0 Å². The highest BCUT2D eigenvalue weighted by molar-refractivity contribution is 6.15. The molecule has 2 heteroatoms. The zero-order chi connectivity index (χ0) is 39.8. The molecular formula is C58H46N2. The van der Waals surface area contributed by atoms with E-state index >= 15 is 0 Å². The summed E-state index contributed by atoms with van der Waals surface area (Å²) in [5.41, 5.74) is 15.8. The van der Waals surface area contributed by atoms with Gasteiger partial charge in [0.15, 0.2) is 0 Å². The predicted octanol–water partition coefficient (Wildman–Crippen LogP) is 16.5. The van der Waals surface area contributed by atoms with Gasteiger partial charge >= 0.3 is 0 Å². The van der Waals surface area contributed by atoms with Gasteiger partial charge in [-0.05, 0) is 105 Å². The Morgan fingerprint density at radius 2 is 0.950 bits per heavy atom. The lowest BCUT2D eigenvalue weighted by atomic mass is 9.80. The Bertz CT molecular complexity index is 3090. The highest BCUT2D eigenvalue weighted by atomic mass is 15.2. The number of nitrogens with zero attached hydrogens (tertiary/aromatic N) is 2. The molecule has 1 heterocycles. The van der Waals surface area contributed by atoms with Crippen molar-refractivity contribution in [3.8, 4) is 39.1 Å². The first kappa shape index (κ1) is 36.0. The zero-order valence-corrected chi connectivity index (χ0v) is 33.7. The highest BCUT2D eigenvalue weighted by Crippen LogP contribution is 2.48. The molecule has 1 aromatic heterocycles. The molecule has 10 aromatic rings. The van der Waals surface area contributed by atoms with Gasteiger partial charge in [0.1, 0.15) is 0 Å². The number of fused-ring (bicyclic) bond motifs is 4. The molecule has 9 aromatic carbocycles. The van der Waals surface area contributed by atoms with E-state index in [-0.39, 0.29) is 0 Å². The number of benzene rings is 9. The first-order chi connectivity index (χ1) is 29.8. The second-order valence-electron chi connectivity index (χ2n) is 16.3. The minimum atomic E-state index is 0.580. The highest BCUT2D eigenvalue weighted by Gasteiger charge is 2.25. The maximum atomic E-state index is 2.51. The molecular weight excluding hydrogens is 725 g/mol. The van der Waals surface area contributed by atoms with Crippen molar-refractivity contribution in [2.75, 3.05) is 4.90 Å². The van der Waals surface area contributed by atoms with Crippen LogP contribution in [0.5, 0.6) is 0 Å². The summed E-state index contributed by atoms with van der Waals surface area (Å²) in [7, 11) is 0. The van der Waals surface area contributed by atoms with E-state index in [1.807, 2.05) is 0 Å². The fourth-order valence-corrected chi connectivity index (χ4v) is 9.97. The van der Waals surface area contributed by atoms with E-state index in [1.165, 1.54) is 104 Å². The third kappa shape index (κ3) is 6.37. The van der Waals surface area contributed by atoms with Crippen LogP contribution in [0, 0.1) is 0 Å². The standard InChI is InChI=1S/C58H46N2/c1-4-17-41(18-5-1)42-33-35-43(36-34-42)44-37-39-48(40-38-44)59(56-32-16-29-53-51-26-11-13-31-55(51)60(58(53)56)47-23-8-3-9-24-47)54-30-12-10-25-50(54)52-28-15-22-46-21-14-27-49(57(46)52)45-19-6-2-7-20-45/h1,3-5,8-18,21-40,45H,2,6-7,19-20H2. The van der Waals surface area contributed by atoms with E-state index in [2.05, 4.69) is 222 Å². The van der Waals surface area contributed by atoms with Crippen LogP contribution in [-0.4, -0.2) is 4.57 Å². The number of hydrogen-bond acceptors (Lipinski definition) is 1. The second kappa shape index (κ2) is 15.5. The van der Waals surface area contributed by atoms with Crippen molar-refractivity contribution in [3.05, 3.63) is 218 Å². The number of para-hydroxylation sites is 4. The topological polar surface area (TPSA) is 8.17 Å². The van der Waals surface area contributed by atoms with Crippen LogP contribution in [0.2, 0.25) is 0 Å². The molecule has 1 fully saturated rings. The largest absolute Gasteiger partial charge is 0.308 e. The Balaban J connectivity index is 1.14.